The van der Waals surface area contributed by atoms with Gasteiger partial charge in [-0.2, -0.15) is 0 Å². The van der Waals surface area contributed by atoms with Crippen LogP contribution in [-0.4, -0.2) is 67.0 Å². The van der Waals surface area contributed by atoms with Gasteiger partial charge in [0.05, 0.1) is 6.61 Å². The van der Waals surface area contributed by atoms with Gasteiger partial charge in [0.2, 0.25) is 11.9 Å². The Morgan fingerprint density at radius 3 is 2.50 bits per heavy atom. The van der Waals surface area contributed by atoms with Crippen LogP contribution in [0, 0.1) is 5.92 Å². The van der Waals surface area contributed by atoms with Crippen molar-refractivity contribution < 1.29 is 14.3 Å². The Hall–Kier alpha value is -2.41. The van der Waals surface area contributed by atoms with E-state index in [1.807, 2.05) is 30.3 Å². The summed E-state index contributed by atoms with van der Waals surface area (Å²) in [7, 11) is 0. The lowest BCUT2D eigenvalue weighted by Crippen LogP contribution is -2.57. The van der Waals surface area contributed by atoms with Gasteiger partial charge in [0.25, 0.3) is 0 Å². The lowest BCUT2D eigenvalue weighted by Gasteiger charge is -2.38. The second-order valence-corrected chi connectivity index (χ2v) is 6.45. The Morgan fingerprint density at radius 1 is 1.19 bits per heavy atom. The Morgan fingerprint density at radius 2 is 1.88 bits per heavy atom. The van der Waals surface area contributed by atoms with Gasteiger partial charge in [0, 0.05) is 26.2 Å². The highest BCUT2D eigenvalue weighted by molar-refractivity contribution is 6.08. The van der Waals surface area contributed by atoms with Crippen LogP contribution < -0.4 is 5.32 Å². The van der Waals surface area contributed by atoms with E-state index in [1.54, 1.807) is 6.92 Å². The number of esters is 1. The van der Waals surface area contributed by atoms with Crippen LogP contribution in [0.2, 0.25) is 0 Å². The summed E-state index contributed by atoms with van der Waals surface area (Å²) in [5, 5.41) is 2.83. The normalized spacial score (nSPS) is 24.0. The van der Waals surface area contributed by atoms with Crippen LogP contribution in [0.25, 0.3) is 0 Å². The lowest BCUT2D eigenvalue weighted by atomic mass is 9.91. The van der Waals surface area contributed by atoms with Gasteiger partial charge in [0.15, 0.2) is 5.92 Å². The van der Waals surface area contributed by atoms with E-state index in [0.717, 1.165) is 38.3 Å². The van der Waals surface area contributed by atoms with Gasteiger partial charge in [-0.25, -0.2) is 4.99 Å². The summed E-state index contributed by atoms with van der Waals surface area (Å²) < 4.78 is 5.12. The molecule has 2 heterocycles. The van der Waals surface area contributed by atoms with E-state index in [2.05, 4.69) is 22.0 Å². The number of rotatable bonds is 4. The van der Waals surface area contributed by atoms with Gasteiger partial charge in [-0.05, 0) is 19.0 Å². The van der Waals surface area contributed by atoms with Crippen molar-refractivity contribution in [2.24, 2.45) is 10.9 Å². The number of carbonyl (C=O) groups is 2. The number of guanidine groups is 1. The summed E-state index contributed by atoms with van der Waals surface area (Å²) in [5.41, 5.74) is 0.838. The third-order valence-electron chi connectivity index (χ3n) is 4.90. The Kier molecular flexibility index (Phi) is 5.88. The average molecular weight is 358 g/mol. The number of nitrogens with zero attached hydrogens (tertiary/aromatic N) is 3. The van der Waals surface area contributed by atoms with Gasteiger partial charge < -0.3 is 14.5 Å². The fourth-order valence-electron chi connectivity index (χ4n) is 3.39. The maximum Gasteiger partial charge on any atom is 0.321 e. The minimum Gasteiger partial charge on any atom is -0.465 e. The first kappa shape index (κ1) is 18.4. The zero-order valence-corrected chi connectivity index (χ0v) is 15.4. The molecule has 1 N–H and O–H groups in total. The van der Waals surface area contributed by atoms with Crippen LogP contribution in [-0.2, 0) is 14.3 Å². The number of ether oxygens (including phenoxy) is 1. The molecule has 1 aromatic rings. The van der Waals surface area contributed by atoms with Crippen LogP contribution in [0.15, 0.2) is 35.3 Å². The molecule has 0 bridgehead atoms. The quantitative estimate of drug-likeness (QED) is 0.643. The highest BCUT2D eigenvalue weighted by Gasteiger charge is 2.42. The second kappa shape index (κ2) is 8.31. The fraction of sp³-hybridized carbons (Fsp3) is 0.526. The Balaban J connectivity index is 1.88. The SMILES string of the molecule is CCOC(=O)[C@@H]1C(=O)NC(N2CCN(CC)CC2)=N[C@H]1c1ccccc1. The third kappa shape index (κ3) is 3.88. The number of hydrogen-bond acceptors (Lipinski definition) is 6. The summed E-state index contributed by atoms with van der Waals surface area (Å²) in [5.74, 6) is -1.28. The van der Waals surface area contributed by atoms with Crippen molar-refractivity contribution in [2.75, 3.05) is 39.3 Å². The van der Waals surface area contributed by atoms with Crippen molar-refractivity contribution in [3.63, 3.8) is 0 Å². The number of benzene rings is 1. The molecule has 3 rings (SSSR count). The zero-order valence-electron chi connectivity index (χ0n) is 15.4. The minimum atomic E-state index is -0.960. The van der Waals surface area contributed by atoms with E-state index in [4.69, 9.17) is 9.73 Å². The molecule has 0 aromatic heterocycles. The summed E-state index contributed by atoms with van der Waals surface area (Å²) in [6, 6.07) is 8.90. The first-order valence-electron chi connectivity index (χ1n) is 9.21. The van der Waals surface area contributed by atoms with Gasteiger partial charge in [-0.1, -0.05) is 37.3 Å². The zero-order chi connectivity index (χ0) is 18.5. The van der Waals surface area contributed by atoms with Crippen LogP contribution in [0.5, 0.6) is 0 Å². The largest absolute Gasteiger partial charge is 0.465 e. The molecule has 7 heteroatoms. The molecule has 26 heavy (non-hydrogen) atoms. The van der Waals surface area contributed by atoms with E-state index < -0.39 is 17.9 Å². The van der Waals surface area contributed by atoms with Gasteiger partial charge in [-0.3, -0.25) is 14.9 Å². The first-order chi connectivity index (χ1) is 12.6. The standard InChI is InChI=1S/C19H26N4O3/c1-3-22-10-12-23(13-11-22)19-20-16(14-8-6-5-7-9-14)15(17(24)21-19)18(25)26-4-2/h5-9,15-16H,3-4,10-13H2,1-2H3,(H,20,21,24)/t15-,16-/m0/s1. The summed E-state index contributed by atoms with van der Waals surface area (Å²) >= 11 is 0. The molecule has 0 spiro atoms. The average Bonchev–Trinajstić information content (AvgIpc) is 2.68. The molecule has 2 aliphatic rings. The smallest absolute Gasteiger partial charge is 0.321 e. The van der Waals surface area contributed by atoms with Crippen molar-refractivity contribution in [2.45, 2.75) is 19.9 Å². The predicted molar refractivity (Wildman–Crippen MR) is 98.6 cm³/mol. The summed E-state index contributed by atoms with van der Waals surface area (Å²) in [6.45, 7) is 8.61. The Bertz CT molecular complexity index is 669. The minimum absolute atomic E-state index is 0.236. The monoisotopic (exact) mass is 358 g/mol. The van der Waals surface area contributed by atoms with Crippen molar-refractivity contribution in [1.29, 1.82) is 0 Å². The molecule has 2 aliphatic heterocycles. The maximum absolute atomic E-state index is 12.7. The van der Waals surface area contributed by atoms with Crippen molar-refractivity contribution in [3.05, 3.63) is 35.9 Å². The molecule has 0 unspecified atom stereocenters. The van der Waals surface area contributed by atoms with Gasteiger partial charge in [0.1, 0.15) is 6.04 Å². The summed E-state index contributed by atoms with van der Waals surface area (Å²) in [4.78, 5) is 34.3. The third-order valence-corrected chi connectivity index (χ3v) is 4.90. The molecule has 0 radical (unpaired) electrons. The topological polar surface area (TPSA) is 74.2 Å². The number of aliphatic imine (C=N–C) groups is 1. The number of amides is 1. The molecule has 1 saturated heterocycles. The number of carbonyl (C=O) groups excluding carboxylic acids is 2. The number of nitrogens with one attached hydrogen (secondary N) is 1. The highest BCUT2D eigenvalue weighted by Crippen LogP contribution is 2.30. The van der Waals surface area contributed by atoms with E-state index in [9.17, 15) is 9.59 Å². The van der Waals surface area contributed by atoms with Crippen LogP contribution >= 0.6 is 0 Å². The summed E-state index contributed by atoms with van der Waals surface area (Å²) in [6.07, 6.45) is 0. The highest BCUT2D eigenvalue weighted by atomic mass is 16.5. The molecule has 0 aliphatic carbocycles. The lowest BCUT2D eigenvalue weighted by molar-refractivity contribution is -0.153. The van der Waals surface area contributed by atoms with Crippen molar-refractivity contribution >= 4 is 17.8 Å². The number of hydrogen-bond donors (Lipinski definition) is 1. The van der Waals surface area contributed by atoms with Crippen molar-refractivity contribution in [1.82, 2.24) is 15.1 Å². The second-order valence-electron chi connectivity index (χ2n) is 6.45. The molecule has 1 amide bonds. The molecule has 1 fully saturated rings. The molecule has 140 valence electrons. The molecule has 7 nitrogen and oxygen atoms in total. The number of piperazine rings is 1. The molecule has 2 atom stereocenters. The Labute approximate surface area is 154 Å². The van der Waals surface area contributed by atoms with E-state index in [0.29, 0.717) is 5.96 Å². The van der Waals surface area contributed by atoms with Crippen LogP contribution in [0.1, 0.15) is 25.5 Å². The molecule has 0 saturated carbocycles. The molecular formula is C19H26N4O3. The number of likely N-dealkylation sites (N-methyl/N-ethyl adjacent to an activating group) is 1. The predicted octanol–water partition coefficient (Wildman–Crippen LogP) is 1.03. The van der Waals surface area contributed by atoms with E-state index >= 15 is 0 Å². The first-order valence-corrected chi connectivity index (χ1v) is 9.21. The maximum atomic E-state index is 12.7. The fourth-order valence-corrected chi connectivity index (χ4v) is 3.39. The van der Waals surface area contributed by atoms with Gasteiger partial charge in [-0.15, -0.1) is 0 Å². The van der Waals surface area contributed by atoms with Crippen molar-refractivity contribution in [3.8, 4) is 0 Å². The van der Waals surface area contributed by atoms with E-state index in [-0.39, 0.29) is 12.5 Å². The molecule has 1 aromatic carbocycles. The van der Waals surface area contributed by atoms with Gasteiger partial charge >= 0.3 is 5.97 Å². The molecular weight excluding hydrogens is 332 g/mol. The van der Waals surface area contributed by atoms with Crippen LogP contribution in [0.4, 0.5) is 0 Å². The van der Waals surface area contributed by atoms with Crippen LogP contribution in [0.3, 0.4) is 0 Å². The van der Waals surface area contributed by atoms with E-state index in [1.165, 1.54) is 0 Å².